The van der Waals surface area contributed by atoms with E-state index in [1.54, 1.807) is 19.2 Å². The Labute approximate surface area is 176 Å². The average molecular weight is 431 g/mol. The van der Waals surface area contributed by atoms with E-state index in [4.69, 9.17) is 9.47 Å². The van der Waals surface area contributed by atoms with Crippen LogP contribution in [0.5, 0.6) is 5.75 Å². The van der Waals surface area contributed by atoms with Crippen molar-refractivity contribution in [2.24, 2.45) is 4.99 Å². The maximum Gasteiger partial charge on any atom is 0.422 e. The second kappa shape index (κ2) is 10.3. The number of halogens is 3. The molecule has 170 valence electrons. The van der Waals surface area contributed by atoms with E-state index in [0.717, 1.165) is 18.7 Å². The van der Waals surface area contributed by atoms with Crippen molar-refractivity contribution in [2.45, 2.75) is 58.2 Å². The van der Waals surface area contributed by atoms with Crippen molar-refractivity contribution in [2.75, 3.05) is 33.3 Å². The summed E-state index contributed by atoms with van der Waals surface area (Å²) in [5.41, 5.74) is 0.828. The van der Waals surface area contributed by atoms with E-state index in [1.807, 2.05) is 0 Å². The molecule has 1 aromatic rings. The Balaban J connectivity index is 1.81. The molecule has 1 aliphatic heterocycles. The normalized spacial score (nSPS) is 21.4. The van der Waals surface area contributed by atoms with Crippen molar-refractivity contribution in [1.29, 1.82) is 0 Å². The second-order valence-corrected chi connectivity index (χ2v) is 8.30. The van der Waals surface area contributed by atoms with Gasteiger partial charge in [-0.05, 0) is 45.4 Å². The number of nitrogens with zero attached hydrogens (tertiary/aromatic N) is 2. The molecule has 0 aliphatic carbocycles. The standard InChI is InChI=1S/C21H33F3N4O2/c1-15-11-28(12-16(2)30-15)20(3,4)13-27-19(25-5)26-10-17-6-8-18(9-7-17)29-14-21(22,23)24/h6-9,15-16H,10-14H2,1-5H3,(H2,25,26,27). The summed E-state index contributed by atoms with van der Waals surface area (Å²) < 4.78 is 47.2. The smallest absolute Gasteiger partial charge is 0.422 e. The van der Waals surface area contributed by atoms with Gasteiger partial charge in [-0.25, -0.2) is 0 Å². The molecule has 1 heterocycles. The first-order valence-corrected chi connectivity index (χ1v) is 10.1. The molecule has 6 nitrogen and oxygen atoms in total. The third kappa shape index (κ3) is 8.02. The summed E-state index contributed by atoms with van der Waals surface area (Å²) in [6, 6.07) is 6.52. The highest BCUT2D eigenvalue weighted by Crippen LogP contribution is 2.21. The van der Waals surface area contributed by atoms with Gasteiger partial charge in [0.1, 0.15) is 5.75 Å². The summed E-state index contributed by atoms with van der Waals surface area (Å²) in [7, 11) is 1.70. The number of guanidine groups is 1. The van der Waals surface area contributed by atoms with Gasteiger partial charge in [0, 0.05) is 38.8 Å². The van der Waals surface area contributed by atoms with Crippen LogP contribution in [0.1, 0.15) is 33.3 Å². The molecule has 1 saturated heterocycles. The third-order valence-corrected chi connectivity index (χ3v) is 4.97. The number of rotatable bonds is 7. The molecule has 0 saturated carbocycles. The van der Waals surface area contributed by atoms with E-state index in [1.165, 1.54) is 12.1 Å². The number of morpholine rings is 1. The molecule has 9 heteroatoms. The zero-order chi connectivity index (χ0) is 22.4. The van der Waals surface area contributed by atoms with Crippen molar-refractivity contribution in [1.82, 2.24) is 15.5 Å². The van der Waals surface area contributed by atoms with E-state index >= 15 is 0 Å². The molecule has 2 unspecified atom stereocenters. The fraction of sp³-hybridized carbons (Fsp3) is 0.667. The van der Waals surface area contributed by atoms with E-state index in [0.29, 0.717) is 19.0 Å². The molecule has 2 rings (SSSR count). The van der Waals surface area contributed by atoms with Gasteiger partial charge in [-0.15, -0.1) is 0 Å². The van der Waals surface area contributed by atoms with Gasteiger partial charge in [-0.3, -0.25) is 9.89 Å². The Morgan fingerprint density at radius 1 is 1.13 bits per heavy atom. The molecule has 2 atom stereocenters. The van der Waals surface area contributed by atoms with E-state index in [9.17, 15) is 13.2 Å². The molecule has 0 aromatic heterocycles. The summed E-state index contributed by atoms with van der Waals surface area (Å²) in [5.74, 6) is 0.851. The number of aliphatic imine (C=N–C) groups is 1. The fourth-order valence-electron chi connectivity index (χ4n) is 3.36. The minimum Gasteiger partial charge on any atom is -0.484 e. The molecular formula is C21H33F3N4O2. The average Bonchev–Trinajstić information content (AvgIpc) is 2.66. The van der Waals surface area contributed by atoms with Crippen LogP contribution in [-0.4, -0.2) is 68.1 Å². The number of hydrogen-bond donors (Lipinski definition) is 2. The van der Waals surface area contributed by atoms with Crippen LogP contribution in [0, 0.1) is 0 Å². The Bertz CT molecular complexity index is 682. The van der Waals surface area contributed by atoms with Crippen LogP contribution in [0.15, 0.2) is 29.3 Å². The van der Waals surface area contributed by atoms with Gasteiger partial charge in [0.25, 0.3) is 0 Å². The molecule has 30 heavy (non-hydrogen) atoms. The lowest BCUT2D eigenvalue weighted by atomic mass is 10.00. The topological polar surface area (TPSA) is 58.1 Å². The first-order chi connectivity index (χ1) is 14.0. The maximum absolute atomic E-state index is 12.2. The Morgan fingerprint density at radius 2 is 1.73 bits per heavy atom. The van der Waals surface area contributed by atoms with Gasteiger partial charge in [0.05, 0.1) is 12.2 Å². The molecule has 0 amide bonds. The van der Waals surface area contributed by atoms with Crippen LogP contribution < -0.4 is 15.4 Å². The van der Waals surface area contributed by atoms with E-state index < -0.39 is 12.8 Å². The Hall–Kier alpha value is -2.00. The second-order valence-electron chi connectivity index (χ2n) is 8.30. The van der Waals surface area contributed by atoms with Crippen LogP contribution in [-0.2, 0) is 11.3 Å². The molecule has 0 bridgehead atoms. The van der Waals surface area contributed by atoms with Crippen LogP contribution in [0.2, 0.25) is 0 Å². The van der Waals surface area contributed by atoms with Crippen LogP contribution in [0.4, 0.5) is 13.2 Å². The van der Waals surface area contributed by atoms with Crippen molar-refractivity contribution in [3.63, 3.8) is 0 Å². The maximum atomic E-state index is 12.2. The first-order valence-electron chi connectivity index (χ1n) is 10.1. The largest absolute Gasteiger partial charge is 0.484 e. The molecular weight excluding hydrogens is 397 g/mol. The van der Waals surface area contributed by atoms with Crippen molar-refractivity contribution in [3.05, 3.63) is 29.8 Å². The van der Waals surface area contributed by atoms with Crippen LogP contribution >= 0.6 is 0 Å². The zero-order valence-electron chi connectivity index (χ0n) is 18.3. The minimum atomic E-state index is -4.34. The highest BCUT2D eigenvalue weighted by atomic mass is 19.4. The number of alkyl halides is 3. The number of hydrogen-bond acceptors (Lipinski definition) is 4. The van der Waals surface area contributed by atoms with Crippen molar-refractivity contribution < 1.29 is 22.6 Å². The fourth-order valence-corrected chi connectivity index (χ4v) is 3.36. The van der Waals surface area contributed by atoms with Gasteiger partial charge in [0.15, 0.2) is 12.6 Å². The third-order valence-electron chi connectivity index (χ3n) is 4.97. The summed E-state index contributed by atoms with van der Waals surface area (Å²) in [5, 5.41) is 6.59. The lowest BCUT2D eigenvalue weighted by Gasteiger charge is -2.45. The number of benzene rings is 1. The van der Waals surface area contributed by atoms with Gasteiger partial charge in [-0.1, -0.05) is 12.1 Å². The van der Waals surface area contributed by atoms with Gasteiger partial charge in [0.2, 0.25) is 0 Å². The predicted octanol–water partition coefficient (Wildman–Crippen LogP) is 3.18. The Kier molecular flexibility index (Phi) is 8.37. The summed E-state index contributed by atoms with van der Waals surface area (Å²) in [6.07, 6.45) is -3.94. The quantitative estimate of drug-likeness (QED) is 0.514. The SMILES string of the molecule is CN=C(NCc1ccc(OCC(F)(F)F)cc1)NCC(C)(C)N1CC(C)OC(C)C1. The monoisotopic (exact) mass is 430 g/mol. The molecule has 0 radical (unpaired) electrons. The lowest BCUT2D eigenvalue weighted by molar-refractivity contribution is -0.153. The summed E-state index contributed by atoms with van der Waals surface area (Å²) >= 11 is 0. The summed E-state index contributed by atoms with van der Waals surface area (Å²) in [4.78, 5) is 6.68. The lowest BCUT2D eigenvalue weighted by Crippen LogP contribution is -2.59. The highest BCUT2D eigenvalue weighted by Gasteiger charge is 2.33. The van der Waals surface area contributed by atoms with E-state index in [2.05, 4.69) is 48.2 Å². The van der Waals surface area contributed by atoms with Crippen molar-refractivity contribution >= 4 is 5.96 Å². The molecule has 2 N–H and O–H groups in total. The molecule has 1 aromatic carbocycles. The molecule has 1 fully saturated rings. The van der Waals surface area contributed by atoms with Crippen molar-refractivity contribution in [3.8, 4) is 5.75 Å². The van der Waals surface area contributed by atoms with Crippen LogP contribution in [0.25, 0.3) is 0 Å². The minimum absolute atomic E-state index is 0.0820. The molecule has 1 aliphatic rings. The first kappa shape index (κ1) is 24.3. The predicted molar refractivity (Wildman–Crippen MR) is 112 cm³/mol. The highest BCUT2D eigenvalue weighted by molar-refractivity contribution is 5.79. The molecule has 0 spiro atoms. The number of nitrogens with one attached hydrogen (secondary N) is 2. The van der Waals surface area contributed by atoms with Crippen LogP contribution in [0.3, 0.4) is 0 Å². The van der Waals surface area contributed by atoms with Gasteiger partial charge >= 0.3 is 6.18 Å². The zero-order valence-corrected chi connectivity index (χ0v) is 18.3. The summed E-state index contributed by atoms with van der Waals surface area (Å²) in [6.45, 7) is 10.2. The van der Waals surface area contributed by atoms with Gasteiger partial charge in [-0.2, -0.15) is 13.2 Å². The Morgan fingerprint density at radius 3 is 2.27 bits per heavy atom. The number of ether oxygens (including phenoxy) is 2. The van der Waals surface area contributed by atoms with E-state index in [-0.39, 0.29) is 23.5 Å². The van der Waals surface area contributed by atoms with Gasteiger partial charge < -0.3 is 20.1 Å².